The molecule has 0 aliphatic carbocycles. The highest BCUT2D eigenvalue weighted by molar-refractivity contribution is 7.96. The first-order valence-corrected chi connectivity index (χ1v) is 13.7. The van der Waals surface area contributed by atoms with Crippen LogP contribution in [0.15, 0.2) is 18.9 Å². The zero-order chi connectivity index (χ0) is 25.0. The van der Waals surface area contributed by atoms with Gasteiger partial charge in [0.2, 0.25) is 0 Å². The molecule has 1 aromatic rings. The van der Waals surface area contributed by atoms with Gasteiger partial charge in [-0.05, 0) is 26.3 Å². The summed E-state index contributed by atoms with van der Waals surface area (Å²) in [6.07, 6.45) is 0.499. The SMILES string of the molecule is CCN(C(=O)OCCCO[N+](=O)[O-])[C@H]1CC(C)S(=O)(=O)c2sc(S(=O)(=O)N=CN(C)C)cc21. The van der Waals surface area contributed by atoms with E-state index in [1.54, 1.807) is 21.0 Å². The highest BCUT2D eigenvalue weighted by Crippen LogP contribution is 2.45. The third kappa shape index (κ3) is 6.32. The van der Waals surface area contributed by atoms with Crippen molar-refractivity contribution in [2.45, 2.75) is 46.4 Å². The molecule has 0 N–H and O–H groups in total. The monoisotopic (exact) mass is 526 g/mol. The summed E-state index contributed by atoms with van der Waals surface area (Å²) in [7, 11) is -4.75. The molecule has 0 saturated carbocycles. The number of thiophene rings is 1. The van der Waals surface area contributed by atoms with E-state index in [2.05, 4.69) is 9.24 Å². The summed E-state index contributed by atoms with van der Waals surface area (Å²) in [5.74, 6) is 0. The number of hydrogen-bond acceptors (Lipinski definition) is 10. The molecule has 0 saturated heterocycles. The van der Waals surface area contributed by atoms with Crippen molar-refractivity contribution in [3.8, 4) is 0 Å². The third-order valence-electron chi connectivity index (χ3n) is 4.74. The van der Waals surface area contributed by atoms with Gasteiger partial charge in [-0.2, -0.15) is 8.42 Å². The number of sulfonamides is 1. The summed E-state index contributed by atoms with van der Waals surface area (Å²) in [5, 5.41) is 8.37. The van der Waals surface area contributed by atoms with Crippen LogP contribution in [0, 0.1) is 10.1 Å². The Morgan fingerprint density at radius 1 is 1.39 bits per heavy atom. The van der Waals surface area contributed by atoms with Gasteiger partial charge in [0.25, 0.3) is 15.1 Å². The second-order valence-electron chi connectivity index (χ2n) is 7.39. The Labute approximate surface area is 196 Å². The molecule has 1 aliphatic heterocycles. The number of carbonyl (C=O) groups is 1. The van der Waals surface area contributed by atoms with Gasteiger partial charge in [0, 0.05) is 32.6 Å². The lowest BCUT2D eigenvalue weighted by molar-refractivity contribution is -0.757. The van der Waals surface area contributed by atoms with E-state index in [1.165, 1.54) is 22.8 Å². The third-order valence-corrected chi connectivity index (χ3v) is 10.3. The van der Waals surface area contributed by atoms with E-state index in [1.807, 2.05) is 0 Å². The Morgan fingerprint density at radius 3 is 2.64 bits per heavy atom. The van der Waals surface area contributed by atoms with E-state index >= 15 is 0 Å². The molecule has 0 bridgehead atoms. The number of fused-ring (bicyclic) bond motifs is 1. The highest BCUT2D eigenvalue weighted by Gasteiger charge is 2.43. The van der Waals surface area contributed by atoms with Crippen LogP contribution >= 0.6 is 11.3 Å². The van der Waals surface area contributed by atoms with E-state index in [4.69, 9.17) is 4.74 Å². The smallest absolute Gasteiger partial charge is 0.410 e. The fourth-order valence-electron chi connectivity index (χ4n) is 3.12. The molecular formula is C17H26N4O9S3. The maximum atomic E-state index is 12.9. The Bertz CT molecular complexity index is 1110. The van der Waals surface area contributed by atoms with Gasteiger partial charge in [-0.3, -0.25) is 0 Å². The van der Waals surface area contributed by atoms with Crippen molar-refractivity contribution in [2.75, 3.05) is 33.9 Å². The molecule has 0 aromatic carbocycles. The minimum atomic E-state index is -4.14. The average molecular weight is 527 g/mol. The van der Waals surface area contributed by atoms with Crippen molar-refractivity contribution < 1.29 is 36.3 Å². The minimum absolute atomic E-state index is 0.0555. The Balaban J connectivity index is 2.35. The first-order chi connectivity index (χ1) is 15.3. The second kappa shape index (κ2) is 10.6. The van der Waals surface area contributed by atoms with E-state index in [-0.39, 0.29) is 46.6 Å². The van der Waals surface area contributed by atoms with Crippen LogP contribution in [-0.4, -0.2) is 83.3 Å². The molecule has 0 radical (unpaired) electrons. The molecule has 2 heterocycles. The van der Waals surface area contributed by atoms with Gasteiger partial charge >= 0.3 is 6.09 Å². The molecule has 2 atom stereocenters. The van der Waals surface area contributed by atoms with Crippen LogP contribution < -0.4 is 0 Å². The predicted octanol–water partition coefficient (Wildman–Crippen LogP) is 1.69. The normalized spacial score (nSPS) is 19.6. The van der Waals surface area contributed by atoms with Crippen LogP contribution in [0.5, 0.6) is 0 Å². The molecule has 16 heteroatoms. The standard InChI is InChI=1S/C17H26N4O9S3/c1-5-20(17(22)29-7-6-8-30-21(23)24)14-9-12(2)32(25,26)16-13(14)10-15(31-16)33(27,28)18-11-19(3)4/h10-12,14H,5-9H2,1-4H3/t12?,14-/m0/s1. The molecule has 2 rings (SSSR count). The summed E-state index contributed by atoms with van der Waals surface area (Å²) in [6.45, 7) is 2.96. The van der Waals surface area contributed by atoms with Crippen molar-refractivity contribution in [1.82, 2.24) is 9.80 Å². The number of hydrogen-bond donors (Lipinski definition) is 0. The molecule has 186 valence electrons. The van der Waals surface area contributed by atoms with E-state index < -0.39 is 42.3 Å². The maximum Gasteiger partial charge on any atom is 0.410 e. The van der Waals surface area contributed by atoms with Crippen molar-refractivity contribution in [1.29, 1.82) is 0 Å². The Hall–Kier alpha value is -2.46. The number of nitrogens with zero attached hydrogens (tertiary/aromatic N) is 4. The second-order valence-corrected chi connectivity index (χ2v) is 12.9. The Kier molecular flexibility index (Phi) is 8.64. The first kappa shape index (κ1) is 26.8. The van der Waals surface area contributed by atoms with Crippen molar-refractivity contribution in [3.05, 3.63) is 21.7 Å². The van der Waals surface area contributed by atoms with E-state index in [9.17, 15) is 31.7 Å². The number of ether oxygens (including phenoxy) is 1. The summed E-state index contributed by atoms with van der Waals surface area (Å²) in [4.78, 5) is 29.7. The number of carbonyl (C=O) groups excluding carboxylic acids is 1. The molecule has 13 nitrogen and oxygen atoms in total. The van der Waals surface area contributed by atoms with Gasteiger partial charge in [-0.25, -0.2) is 13.2 Å². The van der Waals surface area contributed by atoms with Crippen molar-refractivity contribution in [2.24, 2.45) is 4.40 Å². The minimum Gasteiger partial charge on any atom is -0.449 e. The topological polar surface area (TPSA) is 166 Å². The van der Waals surface area contributed by atoms with E-state index in [0.717, 1.165) is 6.34 Å². The van der Waals surface area contributed by atoms with Gasteiger partial charge in [0.1, 0.15) is 14.8 Å². The zero-order valence-corrected chi connectivity index (χ0v) is 21.0. The lowest BCUT2D eigenvalue weighted by Gasteiger charge is -2.35. The fourth-order valence-corrected chi connectivity index (χ4v) is 8.00. The molecule has 33 heavy (non-hydrogen) atoms. The molecule has 0 spiro atoms. The summed E-state index contributed by atoms with van der Waals surface area (Å²) in [5.41, 5.74) is 0.201. The molecule has 1 aromatic heterocycles. The van der Waals surface area contributed by atoms with Crippen molar-refractivity contribution in [3.63, 3.8) is 0 Å². The lowest BCUT2D eigenvalue weighted by Crippen LogP contribution is -2.40. The van der Waals surface area contributed by atoms with Gasteiger partial charge in [-0.15, -0.1) is 25.8 Å². The van der Waals surface area contributed by atoms with Crippen LogP contribution in [-0.2, 0) is 29.4 Å². The maximum absolute atomic E-state index is 12.9. The average Bonchev–Trinajstić information content (AvgIpc) is 3.18. The molecule has 1 unspecified atom stereocenters. The van der Waals surface area contributed by atoms with Crippen LogP contribution in [0.2, 0.25) is 0 Å². The molecule has 1 amide bonds. The van der Waals surface area contributed by atoms with Crippen LogP contribution in [0.1, 0.15) is 38.3 Å². The molecular weight excluding hydrogens is 500 g/mol. The van der Waals surface area contributed by atoms with Gasteiger partial charge < -0.3 is 19.4 Å². The molecule has 0 fully saturated rings. The Morgan fingerprint density at radius 2 is 2.06 bits per heavy atom. The summed E-state index contributed by atoms with van der Waals surface area (Å²) >= 11 is 0.608. The molecule has 1 aliphatic rings. The number of amides is 1. The fraction of sp³-hybridized carbons (Fsp3) is 0.647. The van der Waals surface area contributed by atoms with E-state index in [0.29, 0.717) is 11.3 Å². The predicted molar refractivity (Wildman–Crippen MR) is 119 cm³/mol. The largest absolute Gasteiger partial charge is 0.449 e. The van der Waals surface area contributed by atoms with Gasteiger partial charge in [-0.1, -0.05) is 0 Å². The number of rotatable bonds is 10. The first-order valence-electron chi connectivity index (χ1n) is 9.86. The van der Waals surface area contributed by atoms with Gasteiger partial charge in [0.05, 0.1) is 24.5 Å². The van der Waals surface area contributed by atoms with Crippen LogP contribution in [0.3, 0.4) is 0 Å². The van der Waals surface area contributed by atoms with Crippen LogP contribution in [0.25, 0.3) is 0 Å². The quantitative estimate of drug-likeness (QED) is 0.144. The summed E-state index contributed by atoms with van der Waals surface area (Å²) < 4.78 is 59.4. The lowest BCUT2D eigenvalue weighted by atomic mass is 10.0. The highest BCUT2D eigenvalue weighted by atomic mass is 32.3. The van der Waals surface area contributed by atoms with Crippen LogP contribution in [0.4, 0.5) is 4.79 Å². The van der Waals surface area contributed by atoms with Gasteiger partial charge in [0.15, 0.2) is 9.84 Å². The van der Waals surface area contributed by atoms with Crippen molar-refractivity contribution >= 4 is 43.6 Å². The zero-order valence-electron chi connectivity index (χ0n) is 18.5. The number of sulfone groups is 1. The summed E-state index contributed by atoms with van der Waals surface area (Å²) in [6, 6.07) is 0.515.